The van der Waals surface area contributed by atoms with Gasteiger partial charge < -0.3 is 9.53 Å². The predicted molar refractivity (Wildman–Crippen MR) is 43.3 cm³/mol. The van der Waals surface area contributed by atoms with Gasteiger partial charge in [-0.2, -0.15) is 0 Å². The minimum Gasteiger partial charge on any atom is -0.378 e. The maximum absolute atomic E-state index is 10.1. The monoisotopic (exact) mass is 154 g/mol. The SMILES string of the molecule is C=C[C@H]1CCO[C@H]1CCC=O. The van der Waals surface area contributed by atoms with Crippen LogP contribution in [0, 0.1) is 5.92 Å². The molecular weight excluding hydrogens is 140 g/mol. The lowest BCUT2D eigenvalue weighted by Crippen LogP contribution is -2.13. The molecule has 1 saturated heterocycles. The maximum atomic E-state index is 10.1. The van der Waals surface area contributed by atoms with Gasteiger partial charge >= 0.3 is 0 Å². The number of hydrogen-bond donors (Lipinski definition) is 0. The molecule has 2 atom stereocenters. The van der Waals surface area contributed by atoms with Crippen LogP contribution in [0.3, 0.4) is 0 Å². The number of rotatable bonds is 4. The minimum absolute atomic E-state index is 0.248. The van der Waals surface area contributed by atoms with Crippen LogP contribution in [0.25, 0.3) is 0 Å². The molecule has 0 radical (unpaired) electrons. The Balaban J connectivity index is 2.30. The second-order valence-electron chi connectivity index (χ2n) is 2.84. The molecule has 0 saturated carbocycles. The standard InChI is InChI=1S/C9H14O2/c1-2-8-5-7-11-9(8)4-3-6-10/h2,6,8-9H,1,3-5,7H2/t8-,9-/m0/s1. The Kier molecular flexibility index (Phi) is 3.30. The fourth-order valence-electron chi connectivity index (χ4n) is 1.46. The van der Waals surface area contributed by atoms with Crippen LogP contribution in [-0.2, 0) is 9.53 Å². The summed E-state index contributed by atoms with van der Waals surface area (Å²) in [5.74, 6) is 0.468. The molecular formula is C9H14O2. The molecule has 2 heteroatoms. The summed E-state index contributed by atoms with van der Waals surface area (Å²) >= 11 is 0. The second kappa shape index (κ2) is 4.29. The van der Waals surface area contributed by atoms with Crippen molar-refractivity contribution in [2.45, 2.75) is 25.4 Å². The minimum atomic E-state index is 0.248. The Morgan fingerprint density at radius 1 is 1.64 bits per heavy atom. The molecule has 62 valence electrons. The average Bonchev–Trinajstić information content (AvgIpc) is 2.47. The molecule has 0 aromatic rings. The fraction of sp³-hybridized carbons (Fsp3) is 0.667. The van der Waals surface area contributed by atoms with Crippen LogP contribution >= 0.6 is 0 Å². The Morgan fingerprint density at radius 2 is 2.45 bits per heavy atom. The highest BCUT2D eigenvalue weighted by Crippen LogP contribution is 2.24. The zero-order chi connectivity index (χ0) is 8.10. The zero-order valence-electron chi connectivity index (χ0n) is 6.66. The van der Waals surface area contributed by atoms with Crippen molar-refractivity contribution in [3.05, 3.63) is 12.7 Å². The van der Waals surface area contributed by atoms with Crippen molar-refractivity contribution < 1.29 is 9.53 Å². The quantitative estimate of drug-likeness (QED) is 0.453. The van der Waals surface area contributed by atoms with Gasteiger partial charge in [0.2, 0.25) is 0 Å². The number of hydrogen-bond acceptors (Lipinski definition) is 2. The van der Waals surface area contributed by atoms with Crippen molar-refractivity contribution in [1.29, 1.82) is 0 Å². The van der Waals surface area contributed by atoms with E-state index in [2.05, 4.69) is 6.58 Å². The van der Waals surface area contributed by atoms with E-state index in [1.807, 2.05) is 6.08 Å². The Hall–Kier alpha value is -0.630. The third-order valence-corrected chi connectivity index (χ3v) is 2.13. The molecule has 1 fully saturated rings. The van der Waals surface area contributed by atoms with Crippen molar-refractivity contribution in [1.82, 2.24) is 0 Å². The Morgan fingerprint density at radius 3 is 3.09 bits per heavy atom. The highest BCUT2D eigenvalue weighted by Gasteiger charge is 2.24. The lowest BCUT2D eigenvalue weighted by molar-refractivity contribution is -0.108. The van der Waals surface area contributed by atoms with Gasteiger partial charge in [0.05, 0.1) is 6.10 Å². The smallest absolute Gasteiger partial charge is 0.120 e. The number of ether oxygens (including phenoxy) is 1. The first-order valence-corrected chi connectivity index (χ1v) is 4.06. The first kappa shape index (κ1) is 8.47. The van der Waals surface area contributed by atoms with Crippen LogP contribution in [0.5, 0.6) is 0 Å². The number of carbonyl (C=O) groups is 1. The Bertz CT molecular complexity index is 142. The first-order valence-electron chi connectivity index (χ1n) is 4.06. The van der Waals surface area contributed by atoms with Gasteiger partial charge in [0.15, 0.2) is 0 Å². The molecule has 0 amide bonds. The normalized spacial score (nSPS) is 30.2. The second-order valence-corrected chi connectivity index (χ2v) is 2.84. The summed E-state index contributed by atoms with van der Waals surface area (Å²) in [4.78, 5) is 10.1. The van der Waals surface area contributed by atoms with E-state index >= 15 is 0 Å². The Labute approximate surface area is 67.2 Å². The molecule has 0 aromatic heterocycles. The molecule has 0 N–H and O–H groups in total. The van der Waals surface area contributed by atoms with Crippen molar-refractivity contribution in [3.63, 3.8) is 0 Å². The molecule has 1 rings (SSSR count). The molecule has 0 aromatic carbocycles. The van der Waals surface area contributed by atoms with E-state index in [1.54, 1.807) is 0 Å². The summed E-state index contributed by atoms with van der Waals surface area (Å²) in [6.45, 7) is 4.55. The van der Waals surface area contributed by atoms with Crippen LogP contribution in [0.2, 0.25) is 0 Å². The van der Waals surface area contributed by atoms with E-state index in [0.29, 0.717) is 12.3 Å². The van der Waals surface area contributed by atoms with Crippen LogP contribution < -0.4 is 0 Å². The lowest BCUT2D eigenvalue weighted by atomic mass is 9.98. The van der Waals surface area contributed by atoms with Gasteiger partial charge in [-0.3, -0.25) is 0 Å². The van der Waals surface area contributed by atoms with Gasteiger partial charge in [-0.05, 0) is 12.8 Å². The zero-order valence-corrected chi connectivity index (χ0v) is 6.66. The van der Waals surface area contributed by atoms with Gasteiger partial charge in [-0.25, -0.2) is 0 Å². The van der Waals surface area contributed by atoms with E-state index in [9.17, 15) is 4.79 Å². The van der Waals surface area contributed by atoms with Crippen molar-refractivity contribution in [2.24, 2.45) is 5.92 Å². The van der Waals surface area contributed by atoms with Crippen molar-refractivity contribution in [3.8, 4) is 0 Å². The van der Waals surface area contributed by atoms with Crippen LogP contribution in [0.4, 0.5) is 0 Å². The van der Waals surface area contributed by atoms with Crippen molar-refractivity contribution in [2.75, 3.05) is 6.61 Å². The van der Waals surface area contributed by atoms with E-state index in [1.165, 1.54) is 0 Å². The summed E-state index contributed by atoms with van der Waals surface area (Å²) in [6.07, 6.45) is 5.64. The average molecular weight is 154 g/mol. The van der Waals surface area contributed by atoms with Gasteiger partial charge in [0.1, 0.15) is 6.29 Å². The highest BCUT2D eigenvalue weighted by molar-refractivity contribution is 5.49. The van der Waals surface area contributed by atoms with Gasteiger partial charge in [0, 0.05) is 18.9 Å². The van der Waals surface area contributed by atoms with Crippen molar-refractivity contribution >= 4 is 6.29 Å². The van der Waals surface area contributed by atoms with Crippen LogP contribution in [0.15, 0.2) is 12.7 Å². The van der Waals surface area contributed by atoms with Gasteiger partial charge in [-0.15, -0.1) is 6.58 Å². The molecule has 0 aliphatic carbocycles. The third-order valence-electron chi connectivity index (χ3n) is 2.13. The highest BCUT2D eigenvalue weighted by atomic mass is 16.5. The van der Waals surface area contributed by atoms with E-state index in [-0.39, 0.29) is 6.10 Å². The molecule has 0 unspecified atom stereocenters. The molecule has 0 spiro atoms. The predicted octanol–water partition coefficient (Wildman–Crippen LogP) is 1.56. The van der Waals surface area contributed by atoms with E-state index in [4.69, 9.17) is 4.74 Å². The summed E-state index contributed by atoms with van der Waals surface area (Å²) in [7, 11) is 0. The lowest BCUT2D eigenvalue weighted by Gasteiger charge is -2.12. The molecule has 2 nitrogen and oxygen atoms in total. The molecule has 1 aliphatic heterocycles. The van der Waals surface area contributed by atoms with E-state index in [0.717, 1.165) is 25.7 Å². The summed E-state index contributed by atoms with van der Waals surface area (Å²) in [6, 6.07) is 0. The molecule has 11 heavy (non-hydrogen) atoms. The first-order chi connectivity index (χ1) is 5.38. The van der Waals surface area contributed by atoms with Gasteiger partial charge in [-0.1, -0.05) is 6.08 Å². The summed E-state index contributed by atoms with van der Waals surface area (Å²) in [5, 5.41) is 0. The largest absolute Gasteiger partial charge is 0.378 e. The topological polar surface area (TPSA) is 26.3 Å². The van der Waals surface area contributed by atoms with E-state index < -0.39 is 0 Å². The molecule has 1 heterocycles. The van der Waals surface area contributed by atoms with Gasteiger partial charge in [0.25, 0.3) is 0 Å². The summed E-state index contributed by atoms with van der Waals surface area (Å²) < 4.78 is 5.43. The number of aldehydes is 1. The van der Waals surface area contributed by atoms with Crippen LogP contribution in [-0.4, -0.2) is 19.0 Å². The van der Waals surface area contributed by atoms with Crippen LogP contribution in [0.1, 0.15) is 19.3 Å². The maximum Gasteiger partial charge on any atom is 0.120 e. The summed E-state index contributed by atoms with van der Waals surface area (Å²) in [5.41, 5.74) is 0. The fourth-order valence-corrected chi connectivity index (χ4v) is 1.46. The molecule has 0 bridgehead atoms. The molecule has 1 aliphatic rings. The number of carbonyl (C=O) groups excluding carboxylic acids is 1. The third kappa shape index (κ3) is 2.15.